The zero-order valence-electron chi connectivity index (χ0n) is 13.4. The molecule has 20 heavy (non-hydrogen) atoms. The number of carbonyl (C=O) groups excluding carboxylic acids is 1. The predicted octanol–water partition coefficient (Wildman–Crippen LogP) is 3.46. The molecule has 1 N–H and O–H groups in total. The van der Waals surface area contributed by atoms with Crippen molar-refractivity contribution in [2.75, 3.05) is 0 Å². The molecule has 0 saturated heterocycles. The van der Waals surface area contributed by atoms with Crippen LogP contribution < -0.4 is 0 Å². The van der Waals surface area contributed by atoms with E-state index in [4.69, 9.17) is 4.74 Å². The van der Waals surface area contributed by atoms with E-state index in [9.17, 15) is 9.90 Å². The summed E-state index contributed by atoms with van der Waals surface area (Å²) in [4.78, 5) is 11.6. The molecule has 0 spiro atoms. The third-order valence-corrected chi connectivity index (χ3v) is 5.61. The van der Waals surface area contributed by atoms with E-state index in [0.29, 0.717) is 6.42 Å². The van der Waals surface area contributed by atoms with Crippen molar-refractivity contribution in [3.8, 4) is 0 Å². The Balaban J connectivity index is 2.45. The second kappa shape index (κ2) is 5.18. The zero-order valence-corrected chi connectivity index (χ0v) is 13.4. The third kappa shape index (κ3) is 2.41. The molecule has 0 aromatic rings. The number of allylic oxidation sites excluding steroid dienone is 1. The van der Waals surface area contributed by atoms with Crippen LogP contribution in [-0.2, 0) is 9.53 Å². The van der Waals surface area contributed by atoms with Gasteiger partial charge in [-0.2, -0.15) is 0 Å². The molecule has 2 aliphatic rings. The molecule has 0 aromatic heterocycles. The molecule has 2 aliphatic carbocycles. The molecule has 0 heterocycles. The van der Waals surface area contributed by atoms with E-state index in [1.807, 2.05) is 13.8 Å². The Labute approximate surface area is 122 Å². The smallest absolute Gasteiger partial charge is 0.303 e. The van der Waals surface area contributed by atoms with E-state index in [1.54, 1.807) is 0 Å². The van der Waals surface area contributed by atoms with Crippen molar-refractivity contribution in [3.05, 3.63) is 11.6 Å². The minimum Gasteiger partial charge on any atom is -0.459 e. The van der Waals surface area contributed by atoms with Crippen molar-refractivity contribution in [2.24, 2.45) is 17.3 Å². The highest BCUT2D eigenvalue weighted by molar-refractivity contribution is 5.66. The Morgan fingerprint density at radius 3 is 2.60 bits per heavy atom. The lowest BCUT2D eigenvalue weighted by Crippen LogP contribution is -2.60. The molecule has 114 valence electrons. The van der Waals surface area contributed by atoms with Gasteiger partial charge in [0.05, 0.1) is 0 Å². The van der Waals surface area contributed by atoms with E-state index in [2.05, 4.69) is 19.9 Å². The summed E-state index contributed by atoms with van der Waals surface area (Å²) in [6, 6.07) is 0. The molecule has 1 saturated carbocycles. The van der Waals surface area contributed by atoms with Gasteiger partial charge in [-0.3, -0.25) is 4.79 Å². The van der Waals surface area contributed by atoms with Crippen molar-refractivity contribution in [2.45, 2.75) is 72.0 Å². The van der Waals surface area contributed by atoms with Gasteiger partial charge in [-0.1, -0.05) is 32.4 Å². The lowest BCUT2D eigenvalue weighted by molar-refractivity contribution is -0.204. The van der Waals surface area contributed by atoms with Gasteiger partial charge < -0.3 is 9.84 Å². The fourth-order valence-corrected chi connectivity index (χ4v) is 4.23. The van der Waals surface area contributed by atoms with Crippen LogP contribution in [0.5, 0.6) is 0 Å². The first-order valence-corrected chi connectivity index (χ1v) is 7.77. The van der Waals surface area contributed by atoms with E-state index in [0.717, 1.165) is 19.3 Å². The average Bonchev–Trinajstić information content (AvgIpc) is 2.33. The van der Waals surface area contributed by atoms with Gasteiger partial charge in [0.15, 0.2) is 0 Å². The van der Waals surface area contributed by atoms with E-state index in [-0.39, 0.29) is 23.2 Å². The maximum absolute atomic E-state index is 11.6. The monoisotopic (exact) mass is 280 g/mol. The van der Waals surface area contributed by atoms with Gasteiger partial charge in [-0.05, 0) is 43.9 Å². The Bertz CT molecular complexity index is 426. The number of ether oxygens (including phenoxy) is 1. The number of rotatable bonds is 2. The largest absolute Gasteiger partial charge is 0.459 e. The van der Waals surface area contributed by atoms with Crippen LogP contribution in [-0.4, -0.2) is 22.8 Å². The first-order valence-electron chi connectivity index (χ1n) is 7.77. The topological polar surface area (TPSA) is 46.5 Å². The molecule has 0 aliphatic heterocycles. The van der Waals surface area contributed by atoms with Crippen molar-refractivity contribution in [1.29, 1.82) is 0 Å². The highest BCUT2D eigenvalue weighted by Gasteiger charge is 2.57. The number of carbonyl (C=O) groups is 1. The van der Waals surface area contributed by atoms with Crippen LogP contribution in [0.2, 0.25) is 0 Å². The SMILES string of the molecule is CC(=O)OC1C2C(C)=CCCC2(C)CCC1(O)C(C)C. The second-order valence-electron chi connectivity index (χ2n) is 7.29. The van der Waals surface area contributed by atoms with Crippen LogP contribution in [0.15, 0.2) is 11.6 Å². The summed E-state index contributed by atoms with van der Waals surface area (Å²) < 4.78 is 5.64. The van der Waals surface area contributed by atoms with Crippen LogP contribution in [0.3, 0.4) is 0 Å². The molecule has 0 aromatic carbocycles. The van der Waals surface area contributed by atoms with Gasteiger partial charge >= 0.3 is 5.97 Å². The summed E-state index contributed by atoms with van der Waals surface area (Å²) in [5, 5.41) is 11.1. The molecular formula is C17H28O3. The van der Waals surface area contributed by atoms with Gasteiger partial charge in [-0.15, -0.1) is 0 Å². The normalized spacial score (nSPS) is 41.0. The molecule has 4 atom stereocenters. The number of hydrogen-bond acceptors (Lipinski definition) is 3. The minimum absolute atomic E-state index is 0.0751. The summed E-state index contributed by atoms with van der Waals surface area (Å²) in [7, 11) is 0. The van der Waals surface area contributed by atoms with Crippen molar-refractivity contribution < 1.29 is 14.6 Å². The van der Waals surface area contributed by atoms with E-state index in [1.165, 1.54) is 12.5 Å². The third-order valence-electron chi connectivity index (χ3n) is 5.61. The van der Waals surface area contributed by atoms with E-state index < -0.39 is 11.7 Å². The number of aliphatic hydroxyl groups is 1. The van der Waals surface area contributed by atoms with E-state index >= 15 is 0 Å². The Hall–Kier alpha value is -0.830. The maximum atomic E-state index is 11.6. The lowest BCUT2D eigenvalue weighted by Gasteiger charge is -2.55. The Kier molecular flexibility index (Phi) is 4.03. The van der Waals surface area contributed by atoms with Gasteiger partial charge in [0.25, 0.3) is 0 Å². The van der Waals surface area contributed by atoms with Crippen LogP contribution in [0.25, 0.3) is 0 Å². The summed E-state index contributed by atoms with van der Waals surface area (Å²) in [5.74, 6) is -0.0795. The number of fused-ring (bicyclic) bond motifs is 1. The Morgan fingerprint density at radius 2 is 2.05 bits per heavy atom. The van der Waals surface area contributed by atoms with Gasteiger partial charge in [0.2, 0.25) is 0 Å². The quantitative estimate of drug-likeness (QED) is 0.622. The molecule has 4 unspecified atom stereocenters. The molecule has 2 rings (SSSR count). The summed E-state index contributed by atoms with van der Waals surface area (Å²) in [5.41, 5.74) is 0.492. The van der Waals surface area contributed by atoms with Crippen LogP contribution in [0.1, 0.15) is 60.3 Å². The predicted molar refractivity (Wildman–Crippen MR) is 79.2 cm³/mol. The van der Waals surface area contributed by atoms with Gasteiger partial charge in [0, 0.05) is 12.8 Å². The van der Waals surface area contributed by atoms with Crippen LogP contribution >= 0.6 is 0 Å². The van der Waals surface area contributed by atoms with Crippen LogP contribution in [0, 0.1) is 17.3 Å². The fourth-order valence-electron chi connectivity index (χ4n) is 4.23. The first kappa shape index (κ1) is 15.6. The fraction of sp³-hybridized carbons (Fsp3) is 0.824. The zero-order chi connectivity index (χ0) is 15.1. The lowest BCUT2D eigenvalue weighted by atomic mass is 9.54. The minimum atomic E-state index is -0.914. The molecule has 3 heteroatoms. The molecule has 0 bridgehead atoms. The van der Waals surface area contributed by atoms with Gasteiger partial charge in [-0.25, -0.2) is 0 Å². The summed E-state index contributed by atoms with van der Waals surface area (Å²) >= 11 is 0. The number of hydrogen-bond donors (Lipinski definition) is 1. The molecule has 1 fully saturated rings. The average molecular weight is 280 g/mol. The molecular weight excluding hydrogens is 252 g/mol. The highest BCUT2D eigenvalue weighted by atomic mass is 16.6. The van der Waals surface area contributed by atoms with Crippen molar-refractivity contribution in [1.82, 2.24) is 0 Å². The maximum Gasteiger partial charge on any atom is 0.303 e. The number of esters is 1. The molecule has 0 amide bonds. The summed E-state index contributed by atoms with van der Waals surface area (Å²) in [6.45, 7) is 9.87. The molecule has 0 radical (unpaired) electrons. The van der Waals surface area contributed by atoms with Crippen molar-refractivity contribution in [3.63, 3.8) is 0 Å². The summed E-state index contributed by atoms with van der Waals surface area (Å²) in [6.07, 6.45) is 5.73. The Morgan fingerprint density at radius 1 is 1.40 bits per heavy atom. The second-order valence-corrected chi connectivity index (χ2v) is 7.29. The molecule has 3 nitrogen and oxygen atoms in total. The van der Waals surface area contributed by atoms with Gasteiger partial charge in [0.1, 0.15) is 11.7 Å². The highest BCUT2D eigenvalue weighted by Crippen LogP contribution is 2.55. The standard InChI is InChI=1S/C17H28O3/c1-11(2)17(19)10-9-16(5)8-6-7-12(3)14(16)15(17)20-13(4)18/h7,11,14-15,19H,6,8-10H2,1-5H3. The van der Waals surface area contributed by atoms with Crippen molar-refractivity contribution >= 4 is 5.97 Å². The first-order chi connectivity index (χ1) is 9.20. The van der Waals surface area contributed by atoms with Crippen LogP contribution in [0.4, 0.5) is 0 Å².